The van der Waals surface area contributed by atoms with Gasteiger partial charge in [0.2, 0.25) is 0 Å². The van der Waals surface area contributed by atoms with E-state index in [0.29, 0.717) is 0 Å². The first-order chi connectivity index (χ1) is 8.31. The highest BCUT2D eigenvalue weighted by Gasteiger charge is 2.06. The molecular formula is C15H20N2. The molecule has 0 aliphatic carbocycles. The molecule has 17 heavy (non-hydrogen) atoms. The van der Waals surface area contributed by atoms with E-state index in [4.69, 9.17) is 5.73 Å². The van der Waals surface area contributed by atoms with Crippen LogP contribution >= 0.6 is 0 Å². The Labute approximate surface area is 103 Å². The molecule has 2 nitrogen and oxygen atoms in total. The second-order valence-corrected chi connectivity index (χ2v) is 4.56. The topological polar surface area (TPSA) is 38.9 Å². The number of pyridine rings is 1. The molecule has 2 heteroatoms. The van der Waals surface area contributed by atoms with E-state index < -0.39 is 0 Å². The van der Waals surface area contributed by atoms with Gasteiger partial charge in [0, 0.05) is 17.6 Å². The number of aromatic nitrogens is 1. The third kappa shape index (κ3) is 3.04. The summed E-state index contributed by atoms with van der Waals surface area (Å²) in [6.45, 7) is 2.21. The van der Waals surface area contributed by atoms with Gasteiger partial charge in [0.1, 0.15) is 0 Å². The summed E-state index contributed by atoms with van der Waals surface area (Å²) in [5.74, 6) is 0. The van der Waals surface area contributed by atoms with Crippen LogP contribution < -0.4 is 5.73 Å². The van der Waals surface area contributed by atoms with Crippen molar-refractivity contribution in [3.05, 3.63) is 42.1 Å². The maximum atomic E-state index is 6.19. The third-order valence-electron chi connectivity index (χ3n) is 3.16. The molecule has 1 heterocycles. The highest BCUT2D eigenvalue weighted by Crippen LogP contribution is 2.20. The summed E-state index contributed by atoms with van der Waals surface area (Å²) in [7, 11) is 0. The van der Waals surface area contributed by atoms with E-state index in [1.165, 1.54) is 24.6 Å². The van der Waals surface area contributed by atoms with Crippen molar-refractivity contribution in [1.29, 1.82) is 0 Å². The molecule has 0 bridgehead atoms. The van der Waals surface area contributed by atoms with Gasteiger partial charge >= 0.3 is 0 Å². The second-order valence-electron chi connectivity index (χ2n) is 4.56. The fourth-order valence-corrected chi connectivity index (χ4v) is 2.07. The van der Waals surface area contributed by atoms with E-state index in [0.717, 1.165) is 17.5 Å². The van der Waals surface area contributed by atoms with Crippen LogP contribution in [0.3, 0.4) is 0 Å². The lowest BCUT2D eigenvalue weighted by molar-refractivity contribution is 0.580. The van der Waals surface area contributed by atoms with Crippen molar-refractivity contribution in [1.82, 2.24) is 4.98 Å². The zero-order valence-electron chi connectivity index (χ0n) is 10.4. The van der Waals surface area contributed by atoms with E-state index in [1.807, 2.05) is 24.4 Å². The summed E-state index contributed by atoms with van der Waals surface area (Å²) in [6.07, 6.45) is 6.66. The predicted molar refractivity (Wildman–Crippen MR) is 72.8 cm³/mol. The Morgan fingerprint density at radius 3 is 2.88 bits per heavy atom. The molecule has 90 valence electrons. The lowest BCUT2D eigenvalue weighted by Gasteiger charge is -2.11. The van der Waals surface area contributed by atoms with Gasteiger partial charge in [-0.05, 0) is 24.1 Å². The minimum Gasteiger partial charge on any atom is -0.324 e. The van der Waals surface area contributed by atoms with Crippen LogP contribution in [0.2, 0.25) is 0 Å². The van der Waals surface area contributed by atoms with Crippen LogP contribution in [0.25, 0.3) is 10.9 Å². The molecule has 1 unspecified atom stereocenters. The molecule has 2 rings (SSSR count). The van der Waals surface area contributed by atoms with E-state index in [-0.39, 0.29) is 6.04 Å². The number of para-hydroxylation sites is 1. The minimum absolute atomic E-state index is 0.124. The zero-order chi connectivity index (χ0) is 12.1. The van der Waals surface area contributed by atoms with E-state index in [2.05, 4.69) is 24.0 Å². The largest absolute Gasteiger partial charge is 0.324 e. The van der Waals surface area contributed by atoms with Crippen LogP contribution in [0, 0.1) is 0 Å². The van der Waals surface area contributed by atoms with Crippen molar-refractivity contribution in [2.45, 2.75) is 38.6 Å². The molecule has 0 saturated heterocycles. The normalized spacial score (nSPS) is 12.8. The molecule has 1 aromatic heterocycles. The fraction of sp³-hybridized carbons (Fsp3) is 0.400. The second kappa shape index (κ2) is 5.78. The Hall–Kier alpha value is -1.41. The number of nitrogens with two attached hydrogens (primary N) is 1. The van der Waals surface area contributed by atoms with Crippen molar-refractivity contribution in [2.75, 3.05) is 0 Å². The van der Waals surface area contributed by atoms with Crippen molar-refractivity contribution >= 4 is 10.9 Å². The lowest BCUT2D eigenvalue weighted by Crippen LogP contribution is -2.10. The molecule has 1 atom stereocenters. The van der Waals surface area contributed by atoms with E-state index >= 15 is 0 Å². The number of fused-ring (bicyclic) bond motifs is 1. The molecule has 0 fully saturated rings. The molecule has 0 amide bonds. The molecule has 0 radical (unpaired) electrons. The van der Waals surface area contributed by atoms with Gasteiger partial charge in [0.15, 0.2) is 0 Å². The Bertz CT molecular complexity index is 479. The van der Waals surface area contributed by atoms with Crippen molar-refractivity contribution < 1.29 is 0 Å². The minimum atomic E-state index is 0.124. The maximum absolute atomic E-state index is 6.19. The van der Waals surface area contributed by atoms with Gasteiger partial charge in [-0.15, -0.1) is 0 Å². The van der Waals surface area contributed by atoms with E-state index in [1.54, 1.807) is 0 Å². The number of unbranched alkanes of at least 4 members (excludes halogenated alkanes) is 2. The first-order valence-electron chi connectivity index (χ1n) is 6.41. The Balaban J connectivity index is 2.12. The zero-order valence-corrected chi connectivity index (χ0v) is 10.4. The van der Waals surface area contributed by atoms with Crippen molar-refractivity contribution in [3.63, 3.8) is 0 Å². The standard InChI is InChI=1S/C15H20N2/c1-2-3-4-8-14(16)13-10-12-7-5-6-9-15(12)17-11-13/h5-7,9-11,14H,2-4,8,16H2,1H3. The fourth-order valence-electron chi connectivity index (χ4n) is 2.07. The predicted octanol–water partition coefficient (Wildman–Crippen LogP) is 3.81. The van der Waals surface area contributed by atoms with Gasteiger partial charge in [-0.1, -0.05) is 44.4 Å². The summed E-state index contributed by atoms with van der Waals surface area (Å²) in [5, 5.41) is 1.18. The van der Waals surface area contributed by atoms with Crippen LogP contribution in [-0.2, 0) is 0 Å². The monoisotopic (exact) mass is 228 g/mol. The Morgan fingerprint density at radius 2 is 2.06 bits per heavy atom. The van der Waals surface area contributed by atoms with Gasteiger partial charge < -0.3 is 5.73 Å². The lowest BCUT2D eigenvalue weighted by atomic mass is 10.0. The van der Waals surface area contributed by atoms with Crippen molar-refractivity contribution in [3.8, 4) is 0 Å². The molecule has 2 aromatic rings. The third-order valence-corrected chi connectivity index (χ3v) is 3.16. The first kappa shape index (κ1) is 12.1. The summed E-state index contributed by atoms with van der Waals surface area (Å²) in [4.78, 5) is 4.45. The van der Waals surface area contributed by atoms with Gasteiger partial charge in [-0.3, -0.25) is 4.98 Å². The van der Waals surface area contributed by atoms with Gasteiger partial charge in [-0.2, -0.15) is 0 Å². The molecule has 0 aliphatic heterocycles. The highest BCUT2D eigenvalue weighted by atomic mass is 14.7. The summed E-state index contributed by atoms with van der Waals surface area (Å²) < 4.78 is 0. The van der Waals surface area contributed by atoms with Crippen LogP contribution in [0.5, 0.6) is 0 Å². The molecular weight excluding hydrogens is 208 g/mol. The summed E-state index contributed by atoms with van der Waals surface area (Å²) in [5.41, 5.74) is 8.38. The SMILES string of the molecule is CCCCCC(N)c1cnc2ccccc2c1. The number of nitrogens with zero attached hydrogens (tertiary/aromatic N) is 1. The van der Waals surface area contributed by atoms with Crippen molar-refractivity contribution in [2.24, 2.45) is 5.73 Å². The molecule has 1 aromatic carbocycles. The molecule has 0 aliphatic rings. The average molecular weight is 228 g/mol. The van der Waals surface area contributed by atoms with Gasteiger partial charge in [-0.25, -0.2) is 0 Å². The molecule has 0 spiro atoms. The number of hydrogen-bond donors (Lipinski definition) is 1. The average Bonchev–Trinajstić information content (AvgIpc) is 2.38. The number of rotatable bonds is 5. The van der Waals surface area contributed by atoms with Gasteiger partial charge in [0.25, 0.3) is 0 Å². The molecule has 0 saturated carbocycles. The quantitative estimate of drug-likeness (QED) is 0.790. The summed E-state index contributed by atoms with van der Waals surface area (Å²) >= 11 is 0. The van der Waals surface area contributed by atoms with Crippen LogP contribution in [0.15, 0.2) is 36.5 Å². The number of benzene rings is 1. The smallest absolute Gasteiger partial charge is 0.0702 e. The number of hydrogen-bond acceptors (Lipinski definition) is 2. The van der Waals surface area contributed by atoms with Crippen LogP contribution in [0.1, 0.15) is 44.2 Å². The van der Waals surface area contributed by atoms with Crippen LogP contribution in [0.4, 0.5) is 0 Å². The van der Waals surface area contributed by atoms with Crippen LogP contribution in [-0.4, -0.2) is 4.98 Å². The van der Waals surface area contributed by atoms with E-state index in [9.17, 15) is 0 Å². The Kier molecular flexibility index (Phi) is 4.10. The van der Waals surface area contributed by atoms with Gasteiger partial charge in [0.05, 0.1) is 5.52 Å². The highest BCUT2D eigenvalue weighted by molar-refractivity contribution is 5.78. The molecule has 2 N–H and O–H groups in total. The first-order valence-corrected chi connectivity index (χ1v) is 6.41. The summed E-state index contributed by atoms with van der Waals surface area (Å²) in [6, 6.07) is 10.5. The Morgan fingerprint density at radius 1 is 1.24 bits per heavy atom. The maximum Gasteiger partial charge on any atom is 0.0702 e.